The van der Waals surface area contributed by atoms with Crippen molar-refractivity contribution in [2.75, 3.05) is 14.2 Å². The van der Waals surface area contributed by atoms with Gasteiger partial charge in [0.1, 0.15) is 6.04 Å². The Hall–Kier alpha value is -1.14. The Bertz CT molecular complexity index is 441. The maximum atomic E-state index is 11.9. The molecule has 1 saturated heterocycles. The van der Waals surface area contributed by atoms with Crippen LogP contribution in [0.5, 0.6) is 0 Å². The number of nitrogens with one attached hydrogen (secondary N) is 2. The zero-order valence-electron chi connectivity index (χ0n) is 10.3. The Morgan fingerprint density at radius 3 is 2.94 bits per heavy atom. The van der Waals surface area contributed by atoms with Crippen molar-refractivity contribution < 1.29 is 9.63 Å². The summed E-state index contributed by atoms with van der Waals surface area (Å²) in [7, 11) is 3.06. The van der Waals surface area contributed by atoms with Gasteiger partial charge in [-0.2, -0.15) is 0 Å². The number of amides is 1. The summed E-state index contributed by atoms with van der Waals surface area (Å²) in [5, 5.41) is 1.91. The van der Waals surface area contributed by atoms with Crippen LogP contribution < -0.4 is 10.9 Å². The maximum Gasteiger partial charge on any atom is 0.264 e. The molecule has 0 saturated carbocycles. The van der Waals surface area contributed by atoms with Crippen LogP contribution in [0.3, 0.4) is 0 Å². The van der Waals surface area contributed by atoms with Crippen molar-refractivity contribution in [3.63, 3.8) is 0 Å². The van der Waals surface area contributed by atoms with Crippen molar-refractivity contribution in [3.8, 4) is 0 Å². The summed E-state index contributed by atoms with van der Waals surface area (Å²) in [5.41, 5.74) is 7.13. The van der Waals surface area contributed by atoms with Crippen LogP contribution in [0.4, 0.5) is 0 Å². The normalized spacial score (nSPS) is 23.1. The zero-order valence-corrected chi connectivity index (χ0v) is 11.1. The summed E-state index contributed by atoms with van der Waals surface area (Å²) in [5.74, 6) is -0.102. The fraction of sp³-hybridized carbons (Fsp3) is 0.417. The number of carbonyl (C=O) groups excluding carboxylic acids is 1. The monoisotopic (exact) mass is 269 g/mol. The van der Waals surface area contributed by atoms with Gasteiger partial charge in [0.2, 0.25) is 0 Å². The molecule has 0 bridgehead atoms. The predicted octanol–water partition coefficient (Wildman–Crippen LogP) is 1.27. The van der Waals surface area contributed by atoms with Crippen LogP contribution in [-0.4, -0.2) is 31.2 Å². The molecular weight excluding hydrogens is 254 g/mol. The van der Waals surface area contributed by atoms with E-state index in [0.717, 1.165) is 5.56 Å². The Morgan fingerprint density at radius 1 is 1.50 bits per heavy atom. The summed E-state index contributed by atoms with van der Waals surface area (Å²) in [6.07, 6.45) is 0.660. The molecule has 0 aliphatic carbocycles. The zero-order chi connectivity index (χ0) is 13.1. The van der Waals surface area contributed by atoms with Gasteiger partial charge in [-0.3, -0.25) is 9.63 Å². The summed E-state index contributed by atoms with van der Waals surface area (Å²) >= 11 is 5.95. The molecule has 1 aliphatic heterocycles. The molecule has 2 unspecified atom stereocenters. The second kappa shape index (κ2) is 5.67. The molecule has 2 rings (SSSR count). The smallest absolute Gasteiger partial charge is 0.264 e. The second-order valence-corrected chi connectivity index (χ2v) is 4.64. The van der Waals surface area contributed by atoms with Gasteiger partial charge in [-0.1, -0.05) is 23.7 Å². The molecule has 5 nitrogen and oxygen atoms in total. The van der Waals surface area contributed by atoms with Gasteiger partial charge in [0.15, 0.2) is 0 Å². The average molecular weight is 270 g/mol. The van der Waals surface area contributed by atoms with Gasteiger partial charge in [-0.25, -0.2) is 15.9 Å². The molecule has 1 heterocycles. The van der Waals surface area contributed by atoms with Gasteiger partial charge < -0.3 is 0 Å². The number of hydrogen-bond acceptors (Lipinski definition) is 4. The minimum Gasteiger partial charge on any atom is -0.275 e. The first-order valence-electron chi connectivity index (χ1n) is 5.70. The van der Waals surface area contributed by atoms with E-state index in [9.17, 15) is 4.79 Å². The van der Waals surface area contributed by atoms with E-state index in [1.807, 2.05) is 24.3 Å². The van der Waals surface area contributed by atoms with Crippen LogP contribution in [0.25, 0.3) is 0 Å². The third-order valence-electron chi connectivity index (χ3n) is 3.04. The fourth-order valence-electron chi connectivity index (χ4n) is 1.97. The molecule has 2 N–H and O–H groups in total. The number of hydrogen-bond donors (Lipinski definition) is 2. The predicted molar refractivity (Wildman–Crippen MR) is 68.6 cm³/mol. The summed E-state index contributed by atoms with van der Waals surface area (Å²) in [6.45, 7) is 0. The largest absolute Gasteiger partial charge is 0.275 e. The number of benzene rings is 1. The molecule has 1 fully saturated rings. The first kappa shape index (κ1) is 13.3. The highest BCUT2D eigenvalue weighted by molar-refractivity contribution is 6.30. The van der Waals surface area contributed by atoms with Crippen LogP contribution in [-0.2, 0) is 9.63 Å². The van der Waals surface area contributed by atoms with Crippen molar-refractivity contribution in [2.45, 2.75) is 18.5 Å². The third kappa shape index (κ3) is 2.81. The second-order valence-electron chi connectivity index (χ2n) is 4.20. The number of hydroxylamine groups is 2. The van der Waals surface area contributed by atoms with Crippen LogP contribution >= 0.6 is 11.6 Å². The lowest BCUT2D eigenvalue weighted by Crippen LogP contribution is -2.43. The number of hydrazine groups is 1. The van der Waals surface area contributed by atoms with E-state index >= 15 is 0 Å². The van der Waals surface area contributed by atoms with E-state index < -0.39 is 0 Å². The van der Waals surface area contributed by atoms with E-state index in [0.29, 0.717) is 11.4 Å². The van der Waals surface area contributed by atoms with Crippen LogP contribution in [0.1, 0.15) is 18.0 Å². The fourth-order valence-corrected chi connectivity index (χ4v) is 2.17. The number of nitrogens with zero attached hydrogens (tertiary/aromatic N) is 1. The number of carbonyl (C=O) groups is 1. The highest BCUT2D eigenvalue weighted by atomic mass is 35.5. The maximum absolute atomic E-state index is 11.9. The Kier molecular flexibility index (Phi) is 4.19. The van der Waals surface area contributed by atoms with Gasteiger partial charge in [0, 0.05) is 18.1 Å². The number of halogens is 1. The highest BCUT2D eigenvalue weighted by Crippen LogP contribution is 2.24. The molecule has 0 aromatic heterocycles. The Morgan fingerprint density at radius 2 is 2.28 bits per heavy atom. The Labute approximate surface area is 111 Å². The van der Waals surface area contributed by atoms with Crippen LogP contribution in [0.2, 0.25) is 5.02 Å². The van der Waals surface area contributed by atoms with E-state index in [2.05, 4.69) is 10.9 Å². The lowest BCUT2D eigenvalue weighted by atomic mass is 10.0. The van der Waals surface area contributed by atoms with Gasteiger partial charge in [-0.05, 0) is 24.1 Å². The molecule has 6 heteroatoms. The third-order valence-corrected chi connectivity index (χ3v) is 3.27. The van der Waals surface area contributed by atoms with E-state index in [4.69, 9.17) is 16.4 Å². The van der Waals surface area contributed by atoms with Crippen molar-refractivity contribution >= 4 is 17.5 Å². The van der Waals surface area contributed by atoms with Crippen molar-refractivity contribution in [1.29, 1.82) is 0 Å². The number of rotatable bonds is 3. The van der Waals surface area contributed by atoms with E-state index in [1.54, 1.807) is 7.05 Å². The average Bonchev–Trinajstić information content (AvgIpc) is 2.86. The Balaban J connectivity index is 2.02. The van der Waals surface area contributed by atoms with E-state index in [-0.39, 0.29) is 18.0 Å². The molecule has 1 aromatic carbocycles. The highest BCUT2D eigenvalue weighted by Gasteiger charge is 2.32. The van der Waals surface area contributed by atoms with Crippen molar-refractivity contribution in [3.05, 3.63) is 34.9 Å². The summed E-state index contributed by atoms with van der Waals surface area (Å²) in [6, 6.07) is 7.39. The quantitative estimate of drug-likeness (QED) is 0.812. The molecule has 98 valence electrons. The summed E-state index contributed by atoms with van der Waals surface area (Å²) < 4.78 is 0. The molecule has 18 heavy (non-hydrogen) atoms. The number of likely N-dealkylation sites (N-methyl/N-ethyl adjacent to an activating group) is 1. The first-order valence-corrected chi connectivity index (χ1v) is 6.08. The molecule has 1 aromatic rings. The van der Waals surface area contributed by atoms with Crippen molar-refractivity contribution in [1.82, 2.24) is 15.9 Å². The lowest BCUT2D eigenvalue weighted by Gasteiger charge is -2.17. The van der Waals surface area contributed by atoms with E-state index in [1.165, 1.54) is 12.2 Å². The topological polar surface area (TPSA) is 53.6 Å². The van der Waals surface area contributed by atoms with Gasteiger partial charge in [0.25, 0.3) is 5.91 Å². The molecular formula is C12H16ClN3O2. The SMILES string of the molecule is CON(C)C(=O)C1CC(c2cccc(Cl)c2)NN1. The minimum atomic E-state index is -0.293. The van der Waals surface area contributed by atoms with Crippen molar-refractivity contribution in [2.24, 2.45) is 0 Å². The minimum absolute atomic E-state index is 0.0721. The van der Waals surface area contributed by atoms with Gasteiger partial charge in [-0.15, -0.1) is 0 Å². The van der Waals surface area contributed by atoms with Gasteiger partial charge >= 0.3 is 0 Å². The molecule has 2 atom stereocenters. The summed E-state index contributed by atoms with van der Waals surface area (Å²) in [4.78, 5) is 16.8. The first-order chi connectivity index (χ1) is 8.61. The molecule has 1 amide bonds. The lowest BCUT2D eigenvalue weighted by molar-refractivity contribution is -0.170. The molecule has 0 radical (unpaired) electrons. The standard InChI is InChI=1S/C12H16ClN3O2/c1-16(18-2)12(17)11-7-10(14-15-11)8-4-3-5-9(13)6-8/h3-6,10-11,14-15H,7H2,1-2H3. The van der Waals surface area contributed by atoms with Crippen LogP contribution in [0.15, 0.2) is 24.3 Å². The molecule has 0 spiro atoms. The molecule has 1 aliphatic rings. The van der Waals surface area contributed by atoms with Crippen LogP contribution in [0, 0.1) is 0 Å². The van der Waals surface area contributed by atoms with Gasteiger partial charge in [0.05, 0.1) is 7.11 Å².